The molecule has 1 amide bonds. The molecular weight excluding hydrogens is 352 g/mol. The van der Waals surface area contributed by atoms with Crippen LogP contribution in [0.1, 0.15) is 12.5 Å². The second-order valence-electron chi connectivity index (χ2n) is 5.35. The van der Waals surface area contributed by atoms with Gasteiger partial charge in [0, 0.05) is 6.07 Å². The van der Waals surface area contributed by atoms with E-state index in [2.05, 4.69) is 17.6 Å². The Morgan fingerprint density at radius 3 is 2.35 bits per heavy atom. The summed E-state index contributed by atoms with van der Waals surface area (Å²) in [6.07, 6.45) is 0.953. The Labute approximate surface area is 158 Å². The highest BCUT2D eigenvalue weighted by Crippen LogP contribution is 2.28. The van der Waals surface area contributed by atoms with Crippen molar-refractivity contribution in [3.8, 4) is 17.2 Å². The molecule has 0 saturated carbocycles. The molecule has 7 heteroatoms. The molecule has 0 aliphatic rings. The first-order valence-electron chi connectivity index (χ1n) is 8.10. The van der Waals surface area contributed by atoms with E-state index >= 15 is 0 Å². The fourth-order valence-corrected chi connectivity index (χ4v) is 2.42. The van der Waals surface area contributed by atoms with E-state index in [0.29, 0.717) is 22.9 Å². The van der Waals surface area contributed by atoms with Crippen LogP contribution >= 0.6 is 12.2 Å². The second kappa shape index (κ2) is 9.62. The number of ether oxygens (including phenoxy) is 3. The van der Waals surface area contributed by atoms with E-state index in [1.165, 1.54) is 5.56 Å². The van der Waals surface area contributed by atoms with Gasteiger partial charge in [-0.2, -0.15) is 0 Å². The molecule has 2 rings (SSSR count). The molecule has 0 aliphatic carbocycles. The molecule has 6 nitrogen and oxygen atoms in total. The van der Waals surface area contributed by atoms with Crippen LogP contribution in [0.5, 0.6) is 17.2 Å². The van der Waals surface area contributed by atoms with Crippen molar-refractivity contribution in [2.24, 2.45) is 0 Å². The molecule has 2 aromatic rings. The molecule has 0 radical (unpaired) electrons. The number of carbonyl (C=O) groups excluding carboxylic acids is 1. The highest BCUT2D eigenvalue weighted by Gasteiger charge is 2.10. The van der Waals surface area contributed by atoms with Crippen LogP contribution in [0.3, 0.4) is 0 Å². The monoisotopic (exact) mass is 374 g/mol. The van der Waals surface area contributed by atoms with Crippen LogP contribution in [0.2, 0.25) is 0 Å². The van der Waals surface area contributed by atoms with Crippen LogP contribution in [-0.2, 0) is 11.2 Å². The van der Waals surface area contributed by atoms with E-state index in [9.17, 15) is 4.79 Å². The fourth-order valence-electron chi connectivity index (χ4n) is 2.20. The lowest BCUT2D eigenvalue weighted by Gasteiger charge is -2.14. The number of anilines is 1. The van der Waals surface area contributed by atoms with Crippen LogP contribution in [0, 0.1) is 0 Å². The summed E-state index contributed by atoms with van der Waals surface area (Å²) < 4.78 is 15.9. The van der Waals surface area contributed by atoms with E-state index in [1.807, 2.05) is 24.3 Å². The number of hydrogen-bond acceptors (Lipinski definition) is 5. The fraction of sp³-hybridized carbons (Fsp3) is 0.263. The van der Waals surface area contributed by atoms with Gasteiger partial charge in [0.05, 0.1) is 19.9 Å². The van der Waals surface area contributed by atoms with Gasteiger partial charge in [0.1, 0.15) is 17.2 Å². The summed E-state index contributed by atoms with van der Waals surface area (Å²) in [5, 5.41) is 5.63. The lowest BCUT2D eigenvalue weighted by atomic mass is 10.2. The smallest absolute Gasteiger partial charge is 0.264 e. The third-order valence-electron chi connectivity index (χ3n) is 3.61. The minimum absolute atomic E-state index is 0.136. The highest BCUT2D eigenvalue weighted by atomic mass is 32.1. The number of thiocarbonyl (C=S) groups is 1. The zero-order valence-corrected chi connectivity index (χ0v) is 15.8. The summed E-state index contributed by atoms with van der Waals surface area (Å²) in [4.78, 5) is 12.0. The maximum atomic E-state index is 12.0. The topological polar surface area (TPSA) is 68.8 Å². The van der Waals surface area contributed by atoms with Crippen molar-refractivity contribution in [3.05, 3.63) is 48.0 Å². The average Bonchev–Trinajstić information content (AvgIpc) is 2.66. The molecule has 0 spiro atoms. The van der Waals surface area contributed by atoms with Crippen molar-refractivity contribution in [3.63, 3.8) is 0 Å². The normalized spacial score (nSPS) is 9.96. The number of hydrogen-bond donors (Lipinski definition) is 2. The quantitative estimate of drug-likeness (QED) is 0.726. The molecular formula is C19H22N2O4S. The van der Waals surface area contributed by atoms with Gasteiger partial charge in [0.2, 0.25) is 0 Å². The van der Waals surface area contributed by atoms with Gasteiger partial charge in [-0.3, -0.25) is 10.1 Å². The van der Waals surface area contributed by atoms with E-state index in [1.54, 1.807) is 32.4 Å². The van der Waals surface area contributed by atoms with Crippen LogP contribution in [0.25, 0.3) is 0 Å². The molecule has 0 bridgehead atoms. The van der Waals surface area contributed by atoms with Gasteiger partial charge in [0.25, 0.3) is 5.91 Å². The number of methoxy groups -OCH3 is 2. The van der Waals surface area contributed by atoms with E-state index < -0.39 is 0 Å². The summed E-state index contributed by atoms with van der Waals surface area (Å²) in [6.45, 7) is 1.94. The number of benzene rings is 2. The molecule has 0 heterocycles. The zero-order chi connectivity index (χ0) is 18.9. The van der Waals surface area contributed by atoms with Crippen molar-refractivity contribution in [1.82, 2.24) is 5.32 Å². The Hall–Kier alpha value is -2.80. The second-order valence-corrected chi connectivity index (χ2v) is 5.76. The van der Waals surface area contributed by atoms with Crippen LogP contribution in [0.4, 0.5) is 5.69 Å². The van der Waals surface area contributed by atoms with Crippen molar-refractivity contribution in [2.45, 2.75) is 13.3 Å². The predicted octanol–water partition coefficient (Wildman–Crippen LogP) is 3.16. The molecule has 2 N–H and O–H groups in total. The maximum Gasteiger partial charge on any atom is 0.264 e. The minimum Gasteiger partial charge on any atom is -0.497 e. The number of aryl methyl sites for hydroxylation is 1. The van der Waals surface area contributed by atoms with E-state index in [0.717, 1.165) is 6.42 Å². The molecule has 0 aliphatic heterocycles. The Morgan fingerprint density at radius 2 is 1.73 bits per heavy atom. The number of nitrogens with one attached hydrogen (secondary N) is 2. The summed E-state index contributed by atoms with van der Waals surface area (Å²) in [5.74, 6) is 1.49. The molecule has 138 valence electrons. The Kier molecular flexibility index (Phi) is 7.23. The SMILES string of the molecule is CCc1ccc(OCC(=O)NC(=S)Nc2cc(OC)ccc2OC)cc1. The zero-order valence-electron chi connectivity index (χ0n) is 15.0. The van der Waals surface area contributed by atoms with Crippen molar-refractivity contribution in [2.75, 3.05) is 26.1 Å². The summed E-state index contributed by atoms with van der Waals surface area (Å²) in [6, 6.07) is 12.8. The van der Waals surface area contributed by atoms with Crippen LogP contribution < -0.4 is 24.8 Å². The van der Waals surface area contributed by atoms with Gasteiger partial charge in [-0.15, -0.1) is 0 Å². The van der Waals surface area contributed by atoms with Crippen molar-refractivity contribution < 1.29 is 19.0 Å². The van der Waals surface area contributed by atoms with Gasteiger partial charge < -0.3 is 19.5 Å². The molecule has 0 saturated heterocycles. The molecule has 0 fully saturated rings. The third-order valence-corrected chi connectivity index (χ3v) is 3.81. The molecule has 0 atom stereocenters. The number of amides is 1. The molecule has 0 unspecified atom stereocenters. The summed E-state index contributed by atoms with van der Waals surface area (Å²) in [5.41, 5.74) is 1.80. The van der Waals surface area contributed by atoms with E-state index in [-0.39, 0.29) is 17.6 Å². The predicted molar refractivity (Wildman–Crippen MR) is 105 cm³/mol. The molecule has 2 aromatic carbocycles. The first-order chi connectivity index (χ1) is 12.5. The van der Waals surface area contributed by atoms with Gasteiger partial charge in [-0.05, 0) is 48.5 Å². The first-order valence-corrected chi connectivity index (χ1v) is 8.51. The minimum atomic E-state index is -0.357. The lowest BCUT2D eigenvalue weighted by Crippen LogP contribution is -2.37. The average molecular weight is 374 g/mol. The van der Waals surface area contributed by atoms with Crippen molar-refractivity contribution >= 4 is 28.9 Å². The molecule has 0 aromatic heterocycles. The van der Waals surface area contributed by atoms with Crippen molar-refractivity contribution in [1.29, 1.82) is 0 Å². The summed E-state index contributed by atoms with van der Waals surface area (Å²) >= 11 is 5.17. The Morgan fingerprint density at radius 1 is 1.04 bits per heavy atom. The van der Waals surface area contributed by atoms with Crippen LogP contribution in [-0.4, -0.2) is 31.8 Å². The van der Waals surface area contributed by atoms with Gasteiger partial charge in [-0.25, -0.2) is 0 Å². The number of rotatable bonds is 7. The first kappa shape index (κ1) is 19.5. The Balaban J connectivity index is 1.87. The van der Waals surface area contributed by atoms with Gasteiger partial charge >= 0.3 is 0 Å². The van der Waals surface area contributed by atoms with Gasteiger partial charge in [0.15, 0.2) is 11.7 Å². The van der Waals surface area contributed by atoms with Crippen LogP contribution in [0.15, 0.2) is 42.5 Å². The number of carbonyl (C=O) groups is 1. The highest BCUT2D eigenvalue weighted by molar-refractivity contribution is 7.80. The standard InChI is InChI=1S/C19H22N2O4S/c1-4-13-5-7-14(8-6-13)25-12-18(22)21-19(26)20-16-11-15(23-2)9-10-17(16)24-3/h5-11H,4,12H2,1-3H3,(H2,20,21,22,26). The summed E-state index contributed by atoms with van der Waals surface area (Å²) in [7, 11) is 3.11. The lowest BCUT2D eigenvalue weighted by molar-refractivity contribution is -0.121. The maximum absolute atomic E-state index is 12.0. The molecule has 26 heavy (non-hydrogen) atoms. The largest absolute Gasteiger partial charge is 0.497 e. The van der Waals surface area contributed by atoms with E-state index in [4.69, 9.17) is 26.4 Å². The van der Waals surface area contributed by atoms with Gasteiger partial charge in [-0.1, -0.05) is 19.1 Å². The third kappa shape index (κ3) is 5.63. The Bertz CT molecular complexity index is 763.